The molecule has 2 atom stereocenters. The van der Waals surface area contributed by atoms with Gasteiger partial charge in [-0.2, -0.15) is 0 Å². The Kier molecular flexibility index (Phi) is 7.47. The van der Waals surface area contributed by atoms with Gasteiger partial charge in [-0.3, -0.25) is 9.47 Å². The molecule has 4 heterocycles. The smallest absolute Gasteiger partial charge is 0.442 e. The summed E-state index contributed by atoms with van der Waals surface area (Å²) in [5, 5.41) is 4.20. The second kappa shape index (κ2) is 11.1. The van der Waals surface area contributed by atoms with Crippen molar-refractivity contribution >= 4 is 22.8 Å². The van der Waals surface area contributed by atoms with E-state index in [1.165, 1.54) is 18.7 Å². The van der Waals surface area contributed by atoms with Crippen molar-refractivity contribution in [1.29, 1.82) is 0 Å². The molecular formula is C25H31N7O5. The maximum Gasteiger partial charge on any atom is 0.442 e. The van der Waals surface area contributed by atoms with Crippen LogP contribution in [0.5, 0.6) is 17.2 Å². The van der Waals surface area contributed by atoms with Crippen molar-refractivity contribution in [2.24, 2.45) is 4.99 Å². The number of nitrogens with one attached hydrogen (secondary N) is 1. The lowest BCUT2D eigenvalue weighted by molar-refractivity contribution is -0.0686. The first kappa shape index (κ1) is 24.9. The molecule has 1 amide bonds. The van der Waals surface area contributed by atoms with E-state index in [-0.39, 0.29) is 23.6 Å². The predicted octanol–water partition coefficient (Wildman–Crippen LogP) is 2.24. The van der Waals surface area contributed by atoms with E-state index in [0.717, 1.165) is 37.3 Å². The van der Waals surface area contributed by atoms with Gasteiger partial charge >= 0.3 is 6.09 Å². The minimum Gasteiger partial charge on any atom is -0.491 e. The minimum atomic E-state index is -0.818. The summed E-state index contributed by atoms with van der Waals surface area (Å²) in [6.07, 6.45) is 4.65. The summed E-state index contributed by atoms with van der Waals surface area (Å²) in [6, 6.07) is 3.84. The number of carbonyl (C=O) groups excluding carboxylic acids is 1. The molecule has 0 radical (unpaired) electrons. The Labute approximate surface area is 214 Å². The monoisotopic (exact) mass is 509 g/mol. The summed E-state index contributed by atoms with van der Waals surface area (Å²) in [4.78, 5) is 31.4. The zero-order chi connectivity index (χ0) is 25.8. The highest BCUT2D eigenvalue weighted by Crippen LogP contribution is 2.37. The van der Waals surface area contributed by atoms with Gasteiger partial charge in [-0.05, 0) is 32.4 Å². The molecule has 0 aliphatic carbocycles. The van der Waals surface area contributed by atoms with E-state index in [2.05, 4.69) is 44.0 Å². The van der Waals surface area contributed by atoms with Crippen molar-refractivity contribution in [3.8, 4) is 17.2 Å². The van der Waals surface area contributed by atoms with Crippen LogP contribution in [-0.4, -0.2) is 82.6 Å². The van der Waals surface area contributed by atoms with Crippen molar-refractivity contribution in [3.63, 3.8) is 0 Å². The Morgan fingerprint density at radius 2 is 2.00 bits per heavy atom. The van der Waals surface area contributed by atoms with Crippen LogP contribution in [0.2, 0.25) is 0 Å². The number of morpholine rings is 1. The molecule has 1 fully saturated rings. The number of benzene rings is 1. The fourth-order valence-electron chi connectivity index (χ4n) is 4.83. The zero-order valence-electron chi connectivity index (χ0n) is 21.2. The van der Waals surface area contributed by atoms with E-state index in [4.69, 9.17) is 18.9 Å². The van der Waals surface area contributed by atoms with Gasteiger partial charge in [0.1, 0.15) is 17.7 Å². The van der Waals surface area contributed by atoms with Crippen LogP contribution in [0.15, 0.2) is 35.8 Å². The summed E-state index contributed by atoms with van der Waals surface area (Å²) in [7, 11) is 1.58. The molecule has 12 nitrogen and oxygen atoms in total. The van der Waals surface area contributed by atoms with Crippen LogP contribution in [0.25, 0.3) is 10.9 Å². The molecule has 2 aliphatic heterocycles. The largest absolute Gasteiger partial charge is 0.491 e. The molecule has 196 valence electrons. The Morgan fingerprint density at radius 3 is 2.76 bits per heavy atom. The van der Waals surface area contributed by atoms with Crippen LogP contribution in [0, 0.1) is 0 Å². The second-order valence-electron chi connectivity index (χ2n) is 9.10. The van der Waals surface area contributed by atoms with E-state index in [0.29, 0.717) is 36.7 Å². The van der Waals surface area contributed by atoms with E-state index < -0.39 is 6.09 Å². The number of fused-ring (bicyclic) bond motifs is 3. The van der Waals surface area contributed by atoms with Crippen LogP contribution in [-0.2, 0) is 11.3 Å². The van der Waals surface area contributed by atoms with Gasteiger partial charge in [0, 0.05) is 38.1 Å². The molecule has 0 spiro atoms. The van der Waals surface area contributed by atoms with E-state index in [1.807, 2.05) is 16.7 Å². The number of hydrogen-bond acceptors (Lipinski definition) is 10. The molecule has 1 aromatic carbocycles. The van der Waals surface area contributed by atoms with Crippen molar-refractivity contribution in [2.75, 3.05) is 45.2 Å². The van der Waals surface area contributed by atoms with Crippen molar-refractivity contribution in [3.05, 3.63) is 36.5 Å². The molecule has 37 heavy (non-hydrogen) atoms. The normalized spacial score (nSPS) is 19.9. The van der Waals surface area contributed by atoms with Crippen molar-refractivity contribution in [1.82, 2.24) is 24.4 Å². The molecule has 2 aromatic heterocycles. The third-order valence-electron chi connectivity index (χ3n) is 6.21. The number of carbonyl (C=O) groups is 1. The Hall–Kier alpha value is -3.77. The van der Waals surface area contributed by atoms with Gasteiger partial charge in [-0.15, -0.1) is 4.99 Å². The van der Waals surface area contributed by atoms with Crippen LogP contribution >= 0.6 is 0 Å². The average molecular weight is 510 g/mol. The van der Waals surface area contributed by atoms with Gasteiger partial charge in [0.25, 0.3) is 0 Å². The number of nitrogens with zero attached hydrogens (tertiary/aromatic N) is 6. The van der Waals surface area contributed by atoms with Crippen LogP contribution in [0.1, 0.15) is 20.3 Å². The van der Waals surface area contributed by atoms with Gasteiger partial charge in [-0.1, -0.05) is 0 Å². The zero-order valence-corrected chi connectivity index (χ0v) is 21.2. The van der Waals surface area contributed by atoms with Gasteiger partial charge in [0.05, 0.1) is 38.3 Å². The molecule has 1 N–H and O–H groups in total. The standard InChI is InChI=1S/C25H31N7O5/c1-16-13-31(14-17(2)36-16)8-4-10-35-20-6-5-19-21(22(20)34-3)29-24(32-9-7-28-23(19)32)30-25(33)37-18-11-26-15-27-12-18/h5-6,11-12,15-17,28H,4,7-10,13-14H2,1-3H3/t16-,17+. The first-order valence-corrected chi connectivity index (χ1v) is 12.4. The summed E-state index contributed by atoms with van der Waals surface area (Å²) in [5.74, 6) is 2.08. The van der Waals surface area contributed by atoms with Crippen LogP contribution in [0.4, 0.5) is 10.6 Å². The molecule has 0 saturated carbocycles. The fourth-order valence-corrected chi connectivity index (χ4v) is 4.83. The van der Waals surface area contributed by atoms with E-state index in [1.54, 1.807) is 7.11 Å². The Balaban J connectivity index is 1.37. The molecule has 1 saturated heterocycles. The highest BCUT2D eigenvalue weighted by atomic mass is 16.6. The molecule has 0 bridgehead atoms. The highest BCUT2D eigenvalue weighted by Gasteiger charge is 2.23. The molecular weight excluding hydrogens is 478 g/mol. The predicted molar refractivity (Wildman–Crippen MR) is 135 cm³/mol. The average Bonchev–Trinajstić information content (AvgIpc) is 3.37. The third kappa shape index (κ3) is 5.65. The molecule has 12 heteroatoms. The second-order valence-corrected chi connectivity index (χ2v) is 9.10. The Bertz CT molecular complexity index is 1320. The van der Waals surface area contributed by atoms with Crippen LogP contribution in [0.3, 0.4) is 0 Å². The number of hydrogen-bond donors (Lipinski definition) is 1. The van der Waals surface area contributed by atoms with Gasteiger partial charge < -0.3 is 24.3 Å². The summed E-state index contributed by atoms with van der Waals surface area (Å²) in [5.41, 5.74) is 0.756. The summed E-state index contributed by atoms with van der Waals surface area (Å²) >= 11 is 0. The van der Waals surface area contributed by atoms with Crippen molar-refractivity contribution in [2.45, 2.75) is 39.0 Å². The fraction of sp³-hybridized carbons (Fsp3) is 0.480. The lowest BCUT2D eigenvalue weighted by Crippen LogP contribution is -2.45. The highest BCUT2D eigenvalue weighted by molar-refractivity contribution is 5.95. The maximum atomic E-state index is 12.5. The number of ether oxygens (including phenoxy) is 4. The molecule has 0 unspecified atom stereocenters. The van der Waals surface area contributed by atoms with Crippen molar-refractivity contribution < 1.29 is 23.7 Å². The third-order valence-corrected chi connectivity index (χ3v) is 6.21. The van der Waals surface area contributed by atoms with E-state index >= 15 is 0 Å². The molecule has 5 rings (SSSR count). The first-order valence-electron chi connectivity index (χ1n) is 12.4. The summed E-state index contributed by atoms with van der Waals surface area (Å²) < 4.78 is 24.7. The number of aromatic nitrogens is 4. The molecule has 3 aromatic rings. The topological polar surface area (TPSA) is 125 Å². The minimum absolute atomic E-state index is 0.200. The van der Waals surface area contributed by atoms with Crippen LogP contribution < -0.4 is 25.1 Å². The lowest BCUT2D eigenvalue weighted by Gasteiger charge is -2.35. The number of anilines is 1. The number of amides is 1. The van der Waals surface area contributed by atoms with Gasteiger partial charge in [0.15, 0.2) is 17.2 Å². The van der Waals surface area contributed by atoms with Gasteiger partial charge in [0.2, 0.25) is 5.62 Å². The number of methoxy groups -OCH3 is 1. The first-order chi connectivity index (χ1) is 18.0. The molecule has 2 aliphatic rings. The van der Waals surface area contributed by atoms with E-state index in [9.17, 15) is 4.79 Å². The lowest BCUT2D eigenvalue weighted by atomic mass is 10.2. The van der Waals surface area contributed by atoms with Gasteiger partial charge in [-0.25, -0.2) is 19.7 Å². The maximum absolute atomic E-state index is 12.5. The number of rotatable bonds is 7. The summed E-state index contributed by atoms with van der Waals surface area (Å²) in [6.45, 7) is 8.81. The Morgan fingerprint density at radius 1 is 1.22 bits per heavy atom. The SMILES string of the molecule is COc1c(OCCCN2C[C@@H](C)O[C@@H](C)C2)ccc2c3n(c(=NC(=O)Oc4cncnc4)nc12)CCN3. The quantitative estimate of drug-likeness (QED) is 0.474.